The van der Waals surface area contributed by atoms with Crippen LogP contribution in [0.2, 0.25) is 0 Å². The maximum absolute atomic E-state index is 5.87. The Morgan fingerprint density at radius 1 is 1.27 bits per heavy atom. The van der Waals surface area contributed by atoms with E-state index >= 15 is 0 Å². The second kappa shape index (κ2) is 3.05. The summed E-state index contributed by atoms with van der Waals surface area (Å²) in [6.45, 7) is 4.44. The second-order valence-corrected chi connectivity index (χ2v) is 7.76. The molecule has 1 nitrogen and oxygen atoms in total. The zero-order chi connectivity index (χ0) is 7.90. The molecule has 0 bridgehead atoms. The molecule has 0 aromatic heterocycles. The van der Waals surface area contributed by atoms with Gasteiger partial charge in [0.05, 0.1) is 6.10 Å². The summed E-state index contributed by atoms with van der Waals surface area (Å²) >= 11 is 5.92. The Morgan fingerprint density at radius 2 is 2.00 bits per heavy atom. The smallest absolute Gasteiger partial charge is 0.209 e. The van der Waals surface area contributed by atoms with Gasteiger partial charge in [-0.3, -0.25) is 0 Å². The fraction of sp³-hybridized carbons (Fsp3) is 1.00. The lowest BCUT2D eigenvalue weighted by atomic mass is 10.5. The largest absolute Gasteiger partial charge is 0.342 e. The molecule has 1 spiro atoms. The summed E-state index contributed by atoms with van der Waals surface area (Å²) in [4.78, 5) is 0. The van der Waals surface area contributed by atoms with E-state index < -0.39 is 0 Å². The van der Waals surface area contributed by atoms with Gasteiger partial charge in [0.2, 0.25) is 3.60 Å². The molecule has 2 unspecified atom stereocenters. The van der Waals surface area contributed by atoms with Gasteiger partial charge in [0.25, 0.3) is 0 Å². The van der Waals surface area contributed by atoms with Gasteiger partial charge in [-0.25, -0.2) is 0 Å². The average molecular weight is 208 g/mol. The molecule has 2 saturated heterocycles. The van der Waals surface area contributed by atoms with Crippen molar-refractivity contribution < 1.29 is 4.74 Å². The molecule has 0 N–H and O–H groups in total. The van der Waals surface area contributed by atoms with Crippen LogP contribution < -0.4 is 0 Å². The van der Waals surface area contributed by atoms with E-state index in [1.807, 2.05) is 35.3 Å². The Balaban J connectivity index is 2.02. The first-order chi connectivity index (χ1) is 5.20. The highest BCUT2D eigenvalue weighted by Crippen LogP contribution is 2.59. The molecule has 4 heteroatoms. The number of hydrogen-bond donors (Lipinski definition) is 0. The van der Waals surface area contributed by atoms with Crippen LogP contribution in [0, 0.1) is 0 Å². The molecule has 2 aliphatic heterocycles. The van der Waals surface area contributed by atoms with E-state index in [0.29, 0.717) is 6.10 Å². The van der Waals surface area contributed by atoms with Crippen LogP contribution in [0.4, 0.5) is 0 Å². The number of thioether (sulfide) groups is 3. The van der Waals surface area contributed by atoms with Crippen molar-refractivity contribution in [2.75, 3.05) is 11.5 Å². The van der Waals surface area contributed by atoms with Crippen LogP contribution in [0.3, 0.4) is 0 Å². The fourth-order valence-electron chi connectivity index (χ4n) is 1.21. The molecule has 0 radical (unpaired) electrons. The summed E-state index contributed by atoms with van der Waals surface area (Å²) in [7, 11) is 0. The summed E-state index contributed by atoms with van der Waals surface area (Å²) in [5.41, 5.74) is 0. The molecular formula is C7H12OS3. The van der Waals surface area contributed by atoms with Crippen molar-refractivity contribution in [1.29, 1.82) is 0 Å². The Hall–Kier alpha value is 1.01. The topological polar surface area (TPSA) is 9.23 Å². The standard InChI is InChI=1S/C7H12OS3/c1-5-3-9-7(8-5)10-4-6(2)11-7/h5-6H,3-4H2,1-2H3/t5?,6?,7-/m0/s1. The minimum absolute atomic E-state index is 0.0822. The molecule has 0 aromatic rings. The van der Waals surface area contributed by atoms with E-state index in [4.69, 9.17) is 4.74 Å². The Kier molecular flexibility index (Phi) is 2.39. The summed E-state index contributed by atoms with van der Waals surface area (Å²) in [5.74, 6) is 2.40. The van der Waals surface area contributed by atoms with Crippen LogP contribution in [0.15, 0.2) is 0 Å². The minimum atomic E-state index is 0.0822. The lowest BCUT2D eigenvalue weighted by molar-refractivity contribution is 0.106. The Morgan fingerprint density at radius 3 is 2.45 bits per heavy atom. The van der Waals surface area contributed by atoms with Crippen LogP contribution in [-0.2, 0) is 4.74 Å². The van der Waals surface area contributed by atoms with Gasteiger partial charge in [-0.2, -0.15) is 0 Å². The SMILES string of the molecule is CC1CS[C@@]2(O1)SCC(C)S2. The van der Waals surface area contributed by atoms with Crippen LogP contribution in [-0.4, -0.2) is 26.5 Å². The van der Waals surface area contributed by atoms with Gasteiger partial charge < -0.3 is 4.74 Å². The van der Waals surface area contributed by atoms with Crippen LogP contribution in [0.25, 0.3) is 0 Å². The maximum atomic E-state index is 5.87. The van der Waals surface area contributed by atoms with Crippen LogP contribution >= 0.6 is 35.3 Å². The second-order valence-electron chi connectivity index (χ2n) is 2.98. The fourth-order valence-corrected chi connectivity index (χ4v) is 6.48. The first kappa shape index (κ1) is 8.60. The lowest BCUT2D eigenvalue weighted by Crippen LogP contribution is -2.14. The molecule has 3 atom stereocenters. The van der Waals surface area contributed by atoms with Crippen molar-refractivity contribution in [3.05, 3.63) is 0 Å². The molecular weight excluding hydrogens is 196 g/mol. The van der Waals surface area contributed by atoms with Crippen LogP contribution in [0.5, 0.6) is 0 Å². The molecule has 2 aliphatic rings. The molecule has 64 valence electrons. The molecule has 2 fully saturated rings. The highest BCUT2D eigenvalue weighted by atomic mass is 32.3. The molecule has 0 aromatic carbocycles. The molecule has 0 aliphatic carbocycles. The van der Waals surface area contributed by atoms with Crippen molar-refractivity contribution in [2.45, 2.75) is 28.8 Å². The summed E-state index contributed by atoms with van der Waals surface area (Å²) < 4.78 is 5.95. The molecule has 0 saturated carbocycles. The molecule has 0 amide bonds. The van der Waals surface area contributed by atoms with Gasteiger partial charge in [0.1, 0.15) is 0 Å². The third-order valence-corrected chi connectivity index (χ3v) is 7.04. The third kappa shape index (κ3) is 1.69. The Bertz CT molecular complexity index is 144. The number of hydrogen-bond acceptors (Lipinski definition) is 4. The van der Waals surface area contributed by atoms with E-state index in [2.05, 4.69) is 13.8 Å². The third-order valence-electron chi connectivity index (χ3n) is 1.68. The van der Waals surface area contributed by atoms with E-state index in [9.17, 15) is 0 Å². The maximum Gasteiger partial charge on any atom is 0.209 e. The first-order valence-corrected chi connectivity index (χ1v) is 6.69. The first-order valence-electron chi connectivity index (χ1n) is 3.84. The monoisotopic (exact) mass is 208 g/mol. The van der Waals surface area contributed by atoms with E-state index in [1.165, 1.54) is 5.75 Å². The van der Waals surface area contributed by atoms with Gasteiger partial charge in [0.15, 0.2) is 0 Å². The summed E-state index contributed by atoms with van der Waals surface area (Å²) in [6.07, 6.45) is 0.449. The number of rotatable bonds is 0. The lowest BCUT2D eigenvalue weighted by Gasteiger charge is -2.19. The average Bonchev–Trinajstić information content (AvgIpc) is 2.44. The summed E-state index contributed by atoms with van der Waals surface area (Å²) in [6, 6.07) is 0. The van der Waals surface area contributed by atoms with Gasteiger partial charge in [-0.1, -0.05) is 6.92 Å². The van der Waals surface area contributed by atoms with E-state index in [-0.39, 0.29) is 3.60 Å². The van der Waals surface area contributed by atoms with Crippen molar-refractivity contribution >= 4 is 35.3 Å². The van der Waals surface area contributed by atoms with Crippen molar-refractivity contribution in [3.63, 3.8) is 0 Å². The quantitative estimate of drug-likeness (QED) is 0.605. The highest BCUT2D eigenvalue weighted by molar-refractivity contribution is 8.35. The van der Waals surface area contributed by atoms with Crippen molar-refractivity contribution in [1.82, 2.24) is 0 Å². The molecule has 2 rings (SSSR count). The molecule has 2 heterocycles. The number of ether oxygens (including phenoxy) is 1. The van der Waals surface area contributed by atoms with Gasteiger partial charge in [-0.05, 0) is 6.92 Å². The van der Waals surface area contributed by atoms with Crippen molar-refractivity contribution in [3.8, 4) is 0 Å². The molecule has 11 heavy (non-hydrogen) atoms. The normalized spacial score (nSPS) is 50.7. The van der Waals surface area contributed by atoms with E-state index in [0.717, 1.165) is 11.0 Å². The highest BCUT2D eigenvalue weighted by Gasteiger charge is 2.46. The predicted molar refractivity (Wildman–Crippen MR) is 55.2 cm³/mol. The van der Waals surface area contributed by atoms with Crippen molar-refractivity contribution in [2.24, 2.45) is 0 Å². The van der Waals surface area contributed by atoms with Gasteiger partial charge >= 0.3 is 0 Å². The van der Waals surface area contributed by atoms with Gasteiger partial charge in [-0.15, -0.1) is 35.3 Å². The van der Waals surface area contributed by atoms with Gasteiger partial charge in [0, 0.05) is 16.8 Å². The predicted octanol–water partition coefficient (Wildman–Crippen LogP) is 2.62. The zero-order valence-electron chi connectivity index (χ0n) is 6.70. The zero-order valence-corrected chi connectivity index (χ0v) is 9.15. The Labute approximate surface area is 80.4 Å². The minimum Gasteiger partial charge on any atom is -0.342 e. The van der Waals surface area contributed by atoms with Crippen LogP contribution in [0.1, 0.15) is 13.8 Å². The summed E-state index contributed by atoms with van der Waals surface area (Å²) in [5, 5.41) is 0.762. The van der Waals surface area contributed by atoms with E-state index in [1.54, 1.807) is 0 Å².